The Hall–Kier alpha value is -3.56. The fraction of sp³-hybridized carbons (Fsp3) is 0.633. The van der Waals surface area contributed by atoms with Gasteiger partial charge in [-0.2, -0.15) is 0 Å². The predicted molar refractivity (Wildman–Crippen MR) is 285 cm³/mol. The molecule has 0 spiro atoms. The number of halogens is 2. The minimum Gasteiger partial charge on any atom is -0.489 e. The van der Waals surface area contributed by atoms with Crippen molar-refractivity contribution in [2.75, 3.05) is 0 Å². The Morgan fingerprint density at radius 2 is 0.886 bits per heavy atom. The first-order chi connectivity index (χ1) is 34.0. The highest BCUT2D eigenvalue weighted by Crippen LogP contribution is 2.47. The van der Waals surface area contributed by atoms with Crippen LogP contribution in [0.3, 0.4) is 0 Å². The molecule has 10 heteroatoms. The van der Waals surface area contributed by atoms with E-state index in [1.807, 2.05) is 12.1 Å². The van der Waals surface area contributed by atoms with Gasteiger partial charge in [0.15, 0.2) is 0 Å². The number of ether oxygens (including phenoxy) is 2. The molecule has 0 amide bonds. The predicted octanol–water partition coefficient (Wildman–Crippen LogP) is 16.0. The third-order valence-electron chi connectivity index (χ3n) is 18.2. The first-order valence-electron chi connectivity index (χ1n) is 27.7. The van der Waals surface area contributed by atoms with Crippen LogP contribution in [0, 0.1) is 23.7 Å². The highest BCUT2D eigenvalue weighted by atomic mass is 35.5. The van der Waals surface area contributed by atoms with Crippen LogP contribution in [0.4, 0.5) is 0 Å². The Balaban J connectivity index is 0.000000174. The van der Waals surface area contributed by atoms with Gasteiger partial charge in [0.05, 0.1) is 34.1 Å². The van der Waals surface area contributed by atoms with Crippen molar-refractivity contribution in [2.24, 2.45) is 23.7 Å². The largest absolute Gasteiger partial charge is 0.489 e. The number of benzene rings is 4. The van der Waals surface area contributed by atoms with E-state index in [1.54, 1.807) is 0 Å². The van der Waals surface area contributed by atoms with Gasteiger partial charge < -0.3 is 19.7 Å². The van der Waals surface area contributed by atoms with E-state index in [4.69, 9.17) is 32.7 Å². The fourth-order valence-corrected chi connectivity index (χ4v) is 14.9. The van der Waals surface area contributed by atoms with Crippen LogP contribution < -0.4 is 9.47 Å². The Bertz CT molecular complexity index is 2230. The average molecular weight is 996 g/mol. The zero-order valence-corrected chi connectivity index (χ0v) is 43.9. The Kier molecular flexibility index (Phi) is 17.0. The normalized spacial score (nSPS) is 30.2. The Morgan fingerprint density at radius 3 is 1.20 bits per heavy atom. The van der Waals surface area contributed by atoms with E-state index in [-0.39, 0.29) is 24.0 Å². The van der Waals surface area contributed by atoms with Crippen molar-refractivity contribution >= 4 is 56.7 Å². The number of piperidine rings is 4. The van der Waals surface area contributed by atoms with E-state index in [9.17, 15) is 19.8 Å². The highest BCUT2D eigenvalue weighted by Gasteiger charge is 2.45. The maximum Gasteiger partial charge on any atom is 0.306 e. The third kappa shape index (κ3) is 11.2. The second-order valence-corrected chi connectivity index (χ2v) is 23.0. The van der Waals surface area contributed by atoms with Crippen molar-refractivity contribution < 1.29 is 29.3 Å². The number of rotatable bonds is 14. The number of aliphatic carboxylic acids is 2. The van der Waals surface area contributed by atoms with Gasteiger partial charge in [0.25, 0.3) is 0 Å². The lowest BCUT2D eigenvalue weighted by Crippen LogP contribution is -2.54. The van der Waals surface area contributed by atoms with Crippen LogP contribution >= 0.6 is 23.2 Å². The lowest BCUT2D eigenvalue weighted by atomic mass is 9.76. The topological polar surface area (TPSA) is 99.5 Å². The molecule has 2 saturated carbocycles. The van der Waals surface area contributed by atoms with E-state index in [0.29, 0.717) is 36.3 Å². The van der Waals surface area contributed by atoms with Gasteiger partial charge in [-0.3, -0.25) is 19.4 Å². The van der Waals surface area contributed by atoms with Gasteiger partial charge in [-0.05, 0) is 174 Å². The van der Waals surface area contributed by atoms with E-state index >= 15 is 0 Å². The number of fused-ring (bicyclic) bond motifs is 6. The molecule has 6 aliphatic rings. The van der Waals surface area contributed by atoms with Crippen molar-refractivity contribution in [3.05, 3.63) is 81.8 Å². The van der Waals surface area contributed by atoms with Crippen LogP contribution in [0.5, 0.6) is 11.5 Å². The molecule has 380 valence electrons. The lowest BCUT2D eigenvalue weighted by Gasteiger charge is -2.51. The molecule has 4 bridgehead atoms. The SMILES string of the molecule is CCC1CCC(Oc2ccc3cc([C@@H](CC)N4C5CCCC4CC(C(=O)O)C5)ccc3c2Cl)CC1.CCC1CCC(Oc2ccc3cc([C@H](CC)N4C5CCCC4CC(C(=O)O)C5)ccc3c2Cl)CC1. The molecule has 0 radical (unpaired) electrons. The lowest BCUT2D eigenvalue weighted by molar-refractivity contribution is -0.148. The monoisotopic (exact) mass is 995 g/mol. The molecular formula is C60H80Cl2N2O6. The van der Waals surface area contributed by atoms with Crippen LogP contribution in [0.2, 0.25) is 10.0 Å². The first kappa shape index (κ1) is 51.3. The molecule has 4 saturated heterocycles. The summed E-state index contributed by atoms with van der Waals surface area (Å²) in [6.45, 7) is 9.08. The molecule has 2 N–H and O–H groups in total. The van der Waals surface area contributed by atoms with Gasteiger partial charge in [-0.25, -0.2) is 0 Å². The minimum absolute atomic E-state index is 0.190. The molecule has 6 fully saturated rings. The van der Waals surface area contributed by atoms with Gasteiger partial charge in [0, 0.05) is 47.0 Å². The summed E-state index contributed by atoms with van der Waals surface area (Å²) in [5, 5.41) is 25.1. The summed E-state index contributed by atoms with van der Waals surface area (Å²) in [5.41, 5.74) is 2.63. The molecule has 0 aromatic heterocycles. The van der Waals surface area contributed by atoms with Gasteiger partial charge in [-0.15, -0.1) is 0 Å². The maximum atomic E-state index is 11.7. The quantitative estimate of drug-likeness (QED) is 0.129. The zero-order valence-electron chi connectivity index (χ0n) is 42.4. The maximum absolute atomic E-state index is 11.7. The molecule has 4 aromatic rings. The van der Waals surface area contributed by atoms with E-state index < -0.39 is 11.9 Å². The molecule has 8 nitrogen and oxygen atoms in total. The van der Waals surface area contributed by atoms with Crippen molar-refractivity contribution in [3.8, 4) is 11.5 Å². The summed E-state index contributed by atoms with van der Waals surface area (Å²) in [7, 11) is 0. The fourth-order valence-electron chi connectivity index (χ4n) is 14.3. The van der Waals surface area contributed by atoms with Crippen LogP contribution in [0.15, 0.2) is 60.7 Å². The molecule has 4 aromatic carbocycles. The summed E-state index contributed by atoms with van der Waals surface area (Å²) in [5.74, 6) is 1.70. The molecule has 4 heterocycles. The number of hydrogen-bond donors (Lipinski definition) is 2. The molecular weight excluding hydrogens is 916 g/mol. The van der Waals surface area contributed by atoms with Crippen molar-refractivity contribution in [3.63, 3.8) is 0 Å². The number of carbonyl (C=O) groups is 2. The molecule has 6 atom stereocenters. The number of carboxylic acid groups (broad SMARTS) is 2. The van der Waals surface area contributed by atoms with Crippen molar-refractivity contribution in [1.82, 2.24) is 9.80 Å². The summed E-state index contributed by atoms with van der Waals surface area (Å²) in [6, 6.07) is 23.9. The number of nitrogens with zero attached hydrogens (tertiary/aromatic N) is 2. The second kappa shape index (κ2) is 23.1. The Morgan fingerprint density at radius 1 is 0.529 bits per heavy atom. The van der Waals surface area contributed by atoms with Crippen LogP contribution in [0.1, 0.15) is 192 Å². The van der Waals surface area contributed by atoms with E-state index in [2.05, 4.69) is 86.0 Å². The highest BCUT2D eigenvalue weighted by molar-refractivity contribution is 6.37. The summed E-state index contributed by atoms with van der Waals surface area (Å²) < 4.78 is 12.7. The molecule has 2 aliphatic carbocycles. The number of hydrogen-bond acceptors (Lipinski definition) is 6. The van der Waals surface area contributed by atoms with Crippen LogP contribution in [-0.4, -0.2) is 68.3 Å². The van der Waals surface area contributed by atoms with Gasteiger partial charge in [0.1, 0.15) is 11.5 Å². The summed E-state index contributed by atoms with van der Waals surface area (Å²) in [4.78, 5) is 28.8. The van der Waals surface area contributed by atoms with Crippen molar-refractivity contribution in [2.45, 2.75) is 217 Å². The number of carboxylic acids is 2. The Labute approximate surface area is 428 Å². The summed E-state index contributed by atoms with van der Waals surface area (Å²) >= 11 is 13.7. The van der Waals surface area contributed by atoms with Crippen molar-refractivity contribution in [1.29, 1.82) is 0 Å². The molecule has 70 heavy (non-hydrogen) atoms. The van der Waals surface area contributed by atoms with E-state index in [0.717, 1.165) is 145 Å². The van der Waals surface area contributed by atoms with Gasteiger partial charge in [0.2, 0.25) is 0 Å². The smallest absolute Gasteiger partial charge is 0.306 e. The molecule has 4 unspecified atom stereocenters. The van der Waals surface area contributed by atoms with Gasteiger partial charge in [-0.1, -0.05) is 113 Å². The standard InChI is InChI=1S/2C30H40ClNO3/c2*1-3-19-8-12-25(13-9-19)35-28-15-11-20-16-21(10-14-26(20)29(28)31)27(4-2)32-23-6-5-7-24(32)18-22(17-23)30(33)34/h2*10-11,14-16,19,22-25,27H,3-9,12-13,17-18H2,1-2H3,(H,33,34)/t2*19?,22?,23?,24?,25?,27-/m10/s1. The molecule has 4 aliphatic heterocycles. The van der Waals surface area contributed by atoms with Gasteiger partial charge >= 0.3 is 11.9 Å². The zero-order chi connectivity index (χ0) is 49.1. The van der Waals surface area contributed by atoms with Crippen LogP contribution in [-0.2, 0) is 9.59 Å². The average Bonchev–Trinajstić information content (AvgIpc) is 3.36. The van der Waals surface area contributed by atoms with Crippen LogP contribution in [0.25, 0.3) is 21.5 Å². The molecule has 10 rings (SSSR count). The van der Waals surface area contributed by atoms with E-state index in [1.165, 1.54) is 62.5 Å². The minimum atomic E-state index is -0.619. The first-order valence-corrected chi connectivity index (χ1v) is 28.5. The third-order valence-corrected chi connectivity index (χ3v) is 19.0. The second-order valence-electron chi connectivity index (χ2n) is 22.3. The summed E-state index contributed by atoms with van der Waals surface area (Å²) in [6.07, 6.45) is 24.6.